The van der Waals surface area contributed by atoms with Crippen LogP contribution in [0, 0.1) is 0 Å². The van der Waals surface area contributed by atoms with Crippen LogP contribution in [0.1, 0.15) is 13.8 Å². The highest BCUT2D eigenvalue weighted by Crippen LogP contribution is 2.29. The van der Waals surface area contributed by atoms with Crippen LogP contribution >= 0.6 is 0 Å². The topological polar surface area (TPSA) is 93.9 Å². The lowest BCUT2D eigenvalue weighted by Crippen LogP contribution is -2.33. The van der Waals surface area contributed by atoms with Gasteiger partial charge in [-0.15, -0.1) is 5.10 Å². The molecule has 0 aliphatic rings. The predicted octanol–water partition coefficient (Wildman–Crippen LogP) is 2.69. The smallest absolute Gasteiger partial charge is 0.409 e. The average molecular weight is 384 g/mol. The Morgan fingerprint density at radius 3 is 2.86 bits per heavy atom. The number of ether oxygens (including phenoxy) is 2. The minimum Gasteiger partial charge on any atom is -0.494 e. The number of imidazole rings is 1. The molecule has 9 nitrogen and oxygen atoms in total. The average Bonchev–Trinajstić information content (AvgIpc) is 3.10. The molecule has 148 valence electrons. The van der Waals surface area contributed by atoms with E-state index in [0.29, 0.717) is 24.7 Å². The number of hydrogen-bond acceptors (Lipinski definition) is 7. The van der Waals surface area contributed by atoms with E-state index in [1.807, 2.05) is 32.0 Å². The van der Waals surface area contributed by atoms with Gasteiger partial charge >= 0.3 is 6.09 Å². The van der Waals surface area contributed by atoms with Gasteiger partial charge in [-0.2, -0.15) is 0 Å². The lowest BCUT2D eigenvalue weighted by Gasteiger charge is -2.19. The molecule has 1 N–H and O–H groups in total. The summed E-state index contributed by atoms with van der Waals surface area (Å²) >= 11 is 0. The summed E-state index contributed by atoms with van der Waals surface area (Å²) in [4.78, 5) is 21.8. The van der Waals surface area contributed by atoms with Crippen LogP contribution in [-0.4, -0.2) is 63.9 Å². The summed E-state index contributed by atoms with van der Waals surface area (Å²) in [5, 5.41) is 7.83. The van der Waals surface area contributed by atoms with Gasteiger partial charge in [-0.3, -0.25) is 4.98 Å². The fraction of sp³-hybridized carbons (Fsp3) is 0.368. The van der Waals surface area contributed by atoms with Crippen LogP contribution in [0.25, 0.3) is 16.9 Å². The molecule has 0 saturated carbocycles. The molecule has 3 aromatic heterocycles. The molecule has 0 aliphatic heterocycles. The Morgan fingerprint density at radius 1 is 1.29 bits per heavy atom. The van der Waals surface area contributed by atoms with E-state index in [2.05, 4.69) is 20.4 Å². The van der Waals surface area contributed by atoms with E-state index < -0.39 is 0 Å². The van der Waals surface area contributed by atoms with E-state index in [-0.39, 0.29) is 12.2 Å². The highest BCUT2D eigenvalue weighted by molar-refractivity contribution is 5.69. The van der Waals surface area contributed by atoms with Crippen LogP contribution < -0.4 is 10.1 Å². The summed E-state index contributed by atoms with van der Waals surface area (Å²) in [6.45, 7) is 4.66. The second kappa shape index (κ2) is 8.55. The Labute approximate surface area is 163 Å². The molecule has 0 bridgehead atoms. The Bertz CT molecular complexity index is 956. The minimum atomic E-state index is -0.345. The number of methoxy groups -OCH3 is 1. The lowest BCUT2D eigenvalue weighted by atomic mass is 10.2. The zero-order valence-electron chi connectivity index (χ0n) is 16.4. The number of amides is 1. The second-order valence-electron chi connectivity index (χ2n) is 6.49. The van der Waals surface area contributed by atoms with Gasteiger partial charge in [0, 0.05) is 31.9 Å². The first-order valence-corrected chi connectivity index (χ1v) is 8.98. The zero-order chi connectivity index (χ0) is 20.1. The summed E-state index contributed by atoms with van der Waals surface area (Å²) < 4.78 is 12.3. The number of anilines is 1. The van der Waals surface area contributed by atoms with Crippen molar-refractivity contribution in [3.63, 3.8) is 0 Å². The molecule has 3 rings (SSSR count). The number of fused-ring (bicyclic) bond motifs is 1. The van der Waals surface area contributed by atoms with Crippen LogP contribution in [-0.2, 0) is 4.74 Å². The van der Waals surface area contributed by atoms with Crippen LogP contribution in [0.4, 0.5) is 10.6 Å². The van der Waals surface area contributed by atoms with Gasteiger partial charge < -0.3 is 19.7 Å². The summed E-state index contributed by atoms with van der Waals surface area (Å²) in [5.41, 5.74) is 2.37. The number of pyridine rings is 1. The molecule has 9 heteroatoms. The number of carbonyl (C=O) groups excluding carboxylic acids is 1. The quantitative estimate of drug-likeness (QED) is 0.669. The lowest BCUT2D eigenvalue weighted by molar-refractivity contribution is 0.0851. The fourth-order valence-corrected chi connectivity index (χ4v) is 2.64. The van der Waals surface area contributed by atoms with Gasteiger partial charge in [-0.1, -0.05) is 0 Å². The van der Waals surface area contributed by atoms with Crippen molar-refractivity contribution >= 4 is 17.6 Å². The third-order valence-corrected chi connectivity index (χ3v) is 4.04. The first-order valence-electron chi connectivity index (χ1n) is 8.98. The van der Waals surface area contributed by atoms with Crippen LogP contribution in [0.3, 0.4) is 0 Å². The minimum absolute atomic E-state index is 0.142. The summed E-state index contributed by atoms with van der Waals surface area (Å²) in [6, 6.07) is 5.59. The fourth-order valence-electron chi connectivity index (χ4n) is 2.64. The molecule has 1 amide bonds. The molecule has 0 atom stereocenters. The number of carbonyl (C=O) groups is 1. The van der Waals surface area contributed by atoms with E-state index in [1.54, 1.807) is 37.3 Å². The molecule has 0 fully saturated rings. The Balaban J connectivity index is 1.73. The second-order valence-corrected chi connectivity index (χ2v) is 6.49. The van der Waals surface area contributed by atoms with E-state index in [1.165, 1.54) is 4.90 Å². The van der Waals surface area contributed by atoms with Crippen molar-refractivity contribution in [3.8, 4) is 17.0 Å². The van der Waals surface area contributed by atoms with Crippen molar-refractivity contribution in [1.82, 2.24) is 24.5 Å². The SMILES string of the molecule is COc1cnccc1-c1cnc2ccc(NCCN(C)C(=O)OC(C)C)nn12. The summed E-state index contributed by atoms with van der Waals surface area (Å²) in [7, 11) is 3.30. The van der Waals surface area contributed by atoms with Gasteiger partial charge in [0.15, 0.2) is 5.65 Å². The maximum Gasteiger partial charge on any atom is 0.409 e. The van der Waals surface area contributed by atoms with Gasteiger partial charge in [0.2, 0.25) is 0 Å². The van der Waals surface area contributed by atoms with E-state index in [0.717, 1.165) is 16.9 Å². The molecule has 0 saturated heterocycles. The molecule has 28 heavy (non-hydrogen) atoms. The number of nitrogens with one attached hydrogen (secondary N) is 1. The highest BCUT2D eigenvalue weighted by Gasteiger charge is 2.13. The first kappa shape index (κ1) is 19.4. The van der Waals surface area contributed by atoms with Crippen molar-refractivity contribution in [1.29, 1.82) is 0 Å². The van der Waals surface area contributed by atoms with Crippen molar-refractivity contribution in [2.24, 2.45) is 0 Å². The molecule has 0 radical (unpaired) electrons. The predicted molar refractivity (Wildman–Crippen MR) is 106 cm³/mol. The standard InChI is InChI=1S/C19H24N6O3/c1-13(2)28-19(26)24(3)10-9-21-17-5-6-18-22-11-15(25(18)23-17)14-7-8-20-12-16(14)27-4/h5-8,11-13H,9-10H2,1-4H3,(H,21,23). The van der Waals surface area contributed by atoms with Gasteiger partial charge in [0.05, 0.1) is 31.3 Å². The molecule has 3 aromatic rings. The number of hydrogen-bond donors (Lipinski definition) is 1. The normalized spacial score (nSPS) is 10.9. The Morgan fingerprint density at radius 2 is 2.11 bits per heavy atom. The maximum absolute atomic E-state index is 11.8. The third kappa shape index (κ3) is 4.30. The van der Waals surface area contributed by atoms with Gasteiger partial charge in [-0.05, 0) is 32.0 Å². The van der Waals surface area contributed by atoms with E-state index in [4.69, 9.17) is 9.47 Å². The number of aromatic nitrogens is 4. The number of likely N-dealkylation sites (N-methyl/N-ethyl adjacent to an activating group) is 1. The first-order chi connectivity index (χ1) is 13.5. The largest absolute Gasteiger partial charge is 0.494 e. The molecular formula is C19H24N6O3. The molecule has 0 spiro atoms. The van der Waals surface area contributed by atoms with Crippen LogP contribution in [0.5, 0.6) is 5.75 Å². The number of nitrogens with zero attached hydrogens (tertiary/aromatic N) is 5. The molecule has 0 aromatic carbocycles. The number of rotatable bonds is 7. The van der Waals surface area contributed by atoms with E-state index in [9.17, 15) is 4.79 Å². The summed E-state index contributed by atoms with van der Waals surface area (Å²) in [6.07, 6.45) is 4.62. The van der Waals surface area contributed by atoms with Gasteiger partial charge in [0.25, 0.3) is 0 Å². The van der Waals surface area contributed by atoms with Crippen LogP contribution in [0.2, 0.25) is 0 Å². The third-order valence-electron chi connectivity index (χ3n) is 4.04. The Kier molecular flexibility index (Phi) is 5.93. The zero-order valence-corrected chi connectivity index (χ0v) is 16.4. The van der Waals surface area contributed by atoms with E-state index >= 15 is 0 Å². The van der Waals surface area contributed by atoms with Crippen LogP contribution in [0.15, 0.2) is 36.8 Å². The van der Waals surface area contributed by atoms with Crippen molar-refractivity contribution < 1.29 is 14.3 Å². The molecule has 0 aliphatic carbocycles. The van der Waals surface area contributed by atoms with Crippen molar-refractivity contribution in [2.45, 2.75) is 20.0 Å². The van der Waals surface area contributed by atoms with Gasteiger partial charge in [0.1, 0.15) is 11.6 Å². The molecule has 0 unspecified atom stereocenters. The summed E-state index contributed by atoms with van der Waals surface area (Å²) in [5.74, 6) is 1.32. The van der Waals surface area contributed by atoms with Crippen molar-refractivity contribution in [2.75, 3.05) is 32.6 Å². The monoisotopic (exact) mass is 384 g/mol. The molecular weight excluding hydrogens is 360 g/mol. The Hall–Kier alpha value is -3.36. The highest BCUT2D eigenvalue weighted by atomic mass is 16.6. The van der Waals surface area contributed by atoms with Gasteiger partial charge in [-0.25, -0.2) is 14.3 Å². The maximum atomic E-state index is 11.8. The molecule has 3 heterocycles. The van der Waals surface area contributed by atoms with Crippen molar-refractivity contribution in [3.05, 3.63) is 36.8 Å².